The van der Waals surface area contributed by atoms with E-state index in [4.69, 9.17) is 0 Å². The number of likely N-dealkylation sites (tertiary alicyclic amines) is 1. The number of carboxylic acids is 1. The molecule has 0 aliphatic carbocycles. The van der Waals surface area contributed by atoms with Crippen molar-refractivity contribution in [3.05, 3.63) is 0 Å². The van der Waals surface area contributed by atoms with Crippen LogP contribution >= 0.6 is 0 Å². The summed E-state index contributed by atoms with van der Waals surface area (Å²) >= 11 is 0. The SMILES string of the molecule is CCC(CC)(CC(=O)NCC1CCN(C)CC1)C(=O)O. The highest BCUT2D eigenvalue weighted by Gasteiger charge is 2.37. The van der Waals surface area contributed by atoms with E-state index in [0.29, 0.717) is 25.3 Å². The molecule has 1 rings (SSSR count). The molecule has 5 nitrogen and oxygen atoms in total. The van der Waals surface area contributed by atoms with Gasteiger partial charge in [0.25, 0.3) is 0 Å². The van der Waals surface area contributed by atoms with Crippen LogP contribution in [-0.4, -0.2) is 48.6 Å². The fourth-order valence-electron chi connectivity index (χ4n) is 2.77. The van der Waals surface area contributed by atoms with Gasteiger partial charge in [-0.2, -0.15) is 0 Å². The van der Waals surface area contributed by atoms with Crippen molar-refractivity contribution in [2.24, 2.45) is 11.3 Å². The molecule has 5 heteroatoms. The van der Waals surface area contributed by atoms with Gasteiger partial charge in [0.15, 0.2) is 0 Å². The molecule has 20 heavy (non-hydrogen) atoms. The lowest BCUT2D eigenvalue weighted by Gasteiger charge is -2.30. The van der Waals surface area contributed by atoms with Crippen LogP contribution in [0.5, 0.6) is 0 Å². The van der Waals surface area contributed by atoms with Gasteiger partial charge < -0.3 is 15.3 Å². The number of amides is 1. The van der Waals surface area contributed by atoms with Crippen LogP contribution in [0.2, 0.25) is 0 Å². The second kappa shape index (κ2) is 7.62. The zero-order valence-electron chi connectivity index (χ0n) is 12.9. The quantitative estimate of drug-likeness (QED) is 0.747. The van der Waals surface area contributed by atoms with Crippen LogP contribution in [-0.2, 0) is 9.59 Å². The lowest BCUT2D eigenvalue weighted by Crippen LogP contribution is -2.40. The second-order valence-corrected chi connectivity index (χ2v) is 6.02. The summed E-state index contributed by atoms with van der Waals surface area (Å²) in [5.41, 5.74) is -0.906. The molecular weight excluding hydrogens is 256 g/mol. The molecule has 0 unspecified atom stereocenters. The van der Waals surface area contributed by atoms with E-state index >= 15 is 0 Å². The Morgan fingerprint density at radius 2 is 1.80 bits per heavy atom. The number of rotatable bonds is 7. The third-order valence-corrected chi connectivity index (χ3v) is 4.73. The summed E-state index contributed by atoms with van der Waals surface area (Å²) in [4.78, 5) is 25.7. The molecule has 1 fully saturated rings. The topological polar surface area (TPSA) is 69.6 Å². The van der Waals surface area contributed by atoms with Gasteiger partial charge in [0.05, 0.1) is 5.41 Å². The number of carbonyl (C=O) groups excluding carboxylic acids is 1. The molecule has 2 N–H and O–H groups in total. The fraction of sp³-hybridized carbons (Fsp3) is 0.867. The molecule has 0 bridgehead atoms. The number of nitrogens with zero attached hydrogens (tertiary/aromatic N) is 1. The maximum atomic E-state index is 12.0. The van der Waals surface area contributed by atoms with Crippen LogP contribution < -0.4 is 5.32 Å². The van der Waals surface area contributed by atoms with Gasteiger partial charge in [-0.3, -0.25) is 9.59 Å². The Labute approximate surface area is 121 Å². The van der Waals surface area contributed by atoms with Crippen LogP contribution in [0.15, 0.2) is 0 Å². The molecule has 0 atom stereocenters. The molecule has 1 amide bonds. The first kappa shape index (κ1) is 17.0. The smallest absolute Gasteiger partial charge is 0.310 e. The standard InChI is InChI=1S/C15H28N2O3/c1-4-15(5-2,14(19)20)10-13(18)16-11-12-6-8-17(3)9-7-12/h12H,4-11H2,1-3H3,(H,16,18)(H,19,20). The molecule has 0 spiro atoms. The first-order valence-electron chi connectivity index (χ1n) is 7.62. The molecule has 0 aromatic heterocycles. The van der Waals surface area contributed by atoms with Gasteiger partial charge in [-0.05, 0) is 51.7 Å². The first-order valence-corrected chi connectivity index (χ1v) is 7.62. The molecule has 116 valence electrons. The number of piperidine rings is 1. The number of nitrogens with one attached hydrogen (secondary N) is 1. The van der Waals surface area contributed by atoms with Crippen LogP contribution in [0.3, 0.4) is 0 Å². The third-order valence-electron chi connectivity index (χ3n) is 4.73. The molecule has 1 aliphatic heterocycles. The molecule has 0 aromatic carbocycles. The summed E-state index contributed by atoms with van der Waals surface area (Å²) in [5, 5.41) is 12.3. The van der Waals surface area contributed by atoms with Gasteiger partial charge in [0, 0.05) is 13.0 Å². The maximum Gasteiger partial charge on any atom is 0.310 e. The number of hydrogen-bond acceptors (Lipinski definition) is 3. The van der Waals surface area contributed by atoms with Crippen LogP contribution in [0, 0.1) is 11.3 Å². The van der Waals surface area contributed by atoms with E-state index in [9.17, 15) is 14.7 Å². The van der Waals surface area contributed by atoms with Gasteiger partial charge in [-0.15, -0.1) is 0 Å². The van der Waals surface area contributed by atoms with E-state index in [2.05, 4.69) is 17.3 Å². The van der Waals surface area contributed by atoms with Crippen molar-refractivity contribution in [3.8, 4) is 0 Å². The van der Waals surface area contributed by atoms with Crippen molar-refractivity contribution < 1.29 is 14.7 Å². The predicted molar refractivity (Wildman–Crippen MR) is 78.5 cm³/mol. The Balaban J connectivity index is 2.41. The molecular formula is C15H28N2O3. The summed E-state index contributed by atoms with van der Waals surface area (Å²) in [6.45, 7) is 6.49. The number of carboxylic acid groups (broad SMARTS) is 1. The summed E-state index contributed by atoms with van der Waals surface area (Å²) in [6.07, 6.45) is 3.26. The number of carbonyl (C=O) groups is 2. The van der Waals surface area contributed by atoms with Gasteiger partial charge in [0.1, 0.15) is 0 Å². The van der Waals surface area contributed by atoms with Crippen molar-refractivity contribution in [3.63, 3.8) is 0 Å². The molecule has 1 aliphatic rings. The van der Waals surface area contributed by atoms with Gasteiger partial charge >= 0.3 is 5.97 Å². The minimum Gasteiger partial charge on any atom is -0.481 e. The van der Waals surface area contributed by atoms with E-state index < -0.39 is 11.4 Å². The highest BCUT2D eigenvalue weighted by molar-refractivity contribution is 5.84. The van der Waals surface area contributed by atoms with Crippen LogP contribution in [0.25, 0.3) is 0 Å². The Morgan fingerprint density at radius 1 is 1.25 bits per heavy atom. The predicted octanol–water partition coefficient (Wildman–Crippen LogP) is 1.73. The minimum atomic E-state index is -0.906. The van der Waals surface area contributed by atoms with Crippen molar-refractivity contribution in [1.82, 2.24) is 10.2 Å². The summed E-state index contributed by atoms with van der Waals surface area (Å²) < 4.78 is 0. The molecule has 1 saturated heterocycles. The average Bonchev–Trinajstić information content (AvgIpc) is 2.44. The third kappa shape index (κ3) is 4.47. The van der Waals surface area contributed by atoms with Gasteiger partial charge in [-0.25, -0.2) is 0 Å². The van der Waals surface area contributed by atoms with E-state index in [1.807, 2.05) is 13.8 Å². The fourth-order valence-corrected chi connectivity index (χ4v) is 2.77. The van der Waals surface area contributed by atoms with Crippen molar-refractivity contribution >= 4 is 11.9 Å². The highest BCUT2D eigenvalue weighted by Crippen LogP contribution is 2.30. The summed E-state index contributed by atoms with van der Waals surface area (Å²) in [6, 6.07) is 0. The van der Waals surface area contributed by atoms with E-state index in [0.717, 1.165) is 25.9 Å². The summed E-state index contributed by atoms with van der Waals surface area (Å²) in [7, 11) is 2.11. The molecule has 0 saturated carbocycles. The normalized spacial score (nSPS) is 17.9. The lowest BCUT2D eigenvalue weighted by atomic mass is 9.79. The monoisotopic (exact) mass is 284 g/mol. The largest absolute Gasteiger partial charge is 0.481 e. The lowest BCUT2D eigenvalue weighted by molar-refractivity contribution is -0.152. The van der Waals surface area contributed by atoms with Crippen molar-refractivity contribution in [1.29, 1.82) is 0 Å². The Hall–Kier alpha value is -1.10. The van der Waals surface area contributed by atoms with Gasteiger partial charge in [0.2, 0.25) is 5.91 Å². The Kier molecular flexibility index (Phi) is 6.46. The highest BCUT2D eigenvalue weighted by atomic mass is 16.4. The zero-order chi connectivity index (χ0) is 15.2. The van der Waals surface area contributed by atoms with Gasteiger partial charge in [-0.1, -0.05) is 13.8 Å². The second-order valence-electron chi connectivity index (χ2n) is 6.02. The maximum absolute atomic E-state index is 12.0. The van der Waals surface area contributed by atoms with Crippen molar-refractivity contribution in [2.45, 2.75) is 46.0 Å². The van der Waals surface area contributed by atoms with E-state index in [-0.39, 0.29) is 12.3 Å². The summed E-state index contributed by atoms with van der Waals surface area (Å²) in [5.74, 6) is -0.468. The number of hydrogen-bond donors (Lipinski definition) is 2. The van der Waals surface area contributed by atoms with E-state index in [1.54, 1.807) is 0 Å². The first-order chi connectivity index (χ1) is 9.43. The Bertz CT molecular complexity index is 332. The van der Waals surface area contributed by atoms with Crippen LogP contribution in [0.4, 0.5) is 0 Å². The molecule has 1 heterocycles. The number of aliphatic carboxylic acids is 1. The zero-order valence-corrected chi connectivity index (χ0v) is 12.9. The molecule has 0 aromatic rings. The van der Waals surface area contributed by atoms with E-state index in [1.165, 1.54) is 0 Å². The Morgan fingerprint density at radius 3 is 2.25 bits per heavy atom. The van der Waals surface area contributed by atoms with Crippen molar-refractivity contribution in [2.75, 3.05) is 26.7 Å². The average molecular weight is 284 g/mol. The van der Waals surface area contributed by atoms with Crippen LogP contribution in [0.1, 0.15) is 46.0 Å². The molecule has 0 radical (unpaired) electrons. The minimum absolute atomic E-state index is 0.0853.